The number of hydrogen-bond donors (Lipinski definition) is 0. The van der Waals surface area contributed by atoms with Crippen molar-refractivity contribution in [1.29, 1.82) is 0 Å². The molecule has 0 bridgehead atoms. The third kappa shape index (κ3) is 1.14. The van der Waals surface area contributed by atoms with Gasteiger partial charge in [0, 0.05) is 0 Å². The average molecular weight is 144 g/mol. The molecule has 1 unspecified atom stereocenters. The first-order chi connectivity index (χ1) is 5.36. The highest BCUT2D eigenvalue weighted by Gasteiger charge is 2.07. The summed E-state index contributed by atoms with van der Waals surface area (Å²) in [6, 6.07) is 8.53. The molecule has 0 N–H and O–H groups in total. The summed E-state index contributed by atoms with van der Waals surface area (Å²) >= 11 is 0. The van der Waals surface area contributed by atoms with Crippen molar-refractivity contribution in [2.45, 2.75) is 13.0 Å². The predicted octanol–water partition coefficient (Wildman–Crippen LogP) is 2.34. The van der Waals surface area contributed by atoms with Crippen LogP contribution in [-0.2, 0) is 0 Å². The minimum absolute atomic E-state index is 0.338. The first-order valence-electron chi connectivity index (χ1n) is 3.84. The van der Waals surface area contributed by atoms with Crippen LogP contribution in [0.3, 0.4) is 0 Å². The quantitative estimate of drug-likeness (QED) is 0.530. The highest BCUT2D eigenvalue weighted by atomic mass is 14.9. The summed E-state index contributed by atoms with van der Waals surface area (Å²) in [5.41, 5.74) is 2.34. The summed E-state index contributed by atoms with van der Waals surface area (Å²) < 4.78 is 0. The van der Waals surface area contributed by atoms with E-state index in [-0.39, 0.29) is 0 Å². The van der Waals surface area contributed by atoms with E-state index in [1.807, 2.05) is 12.1 Å². The Hall–Kier alpha value is -1.24. The zero-order chi connectivity index (χ0) is 7.68. The molecular formula is C10H10N. The van der Waals surface area contributed by atoms with E-state index in [9.17, 15) is 0 Å². The molecule has 1 heteroatoms. The van der Waals surface area contributed by atoms with Crippen molar-refractivity contribution >= 4 is 11.8 Å². The van der Waals surface area contributed by atoms with Crippen LogP contribution in [0.15, 0.2) is 30.3 Å². The molecule has 1 nitrogen and oxygen atoms in total. The predicted molar refractivity (Wildman–Crippen MR) is 46.7 cm³/mol. The molecule has 0 saturated carbocycles. The zero-order valence-electron chi connectivity index (χ0n) is 6.49. The second-order valence-electron chi connectivity index (χ2n) is 2.79. The number of para-hydroxylation sites is 1. The first kappa shape index (κ1) is 6.47. The molecule has 1 aromatic rings. The SMILES string of the molecule is CC1C=Cc2ccccc2[N]1. The van der Waals surface area contributed by atoms with Crippen LogP contribution >= 0.6 is 0 Å². The molecule has 0 saturated heterocycles. The molecule has 0 amide bonds. The minimum atomic E-state index is 0.338. The third-order valence-corrected chi connectivity index (χ3v) is 1.83. The van der Waals surface area contributed by atoms with E-state index < -0.39 is 0 Å². The summed E-state index contributed by atoms with van der Waals surface area (Å²) in [6.45, 7) is 2.09. The smallest absolute Gasteiger partial charge is 0.0662 e. The minimum Gasteiger partial charge on any atom is -0.278 e. The molecular weight excluding hydrogens is 134 g/mol. The fraction of sp³-hybridized carbons (Fsp3) is 0.200. The van der Waals surface area contributed by atoms with E-state index in [1.165, 1.54) is 5.56 Å². The van der Waals surface area contributed by atoms with Gasteiger partial charge in [0.05, 0.1) is 11.7 Å². The molecule has 11 heavy (non-hydrogen) atoms. The van der Waals surface area contributed by atoms with E-state index in [0.717, 1.165) is 5.69 Å². The van der Waals surface area contributed by atoms with Gasteiger partial charge in [0.25, 0.3) is 0 Å². The lowest BCUT2D eigenvalue weighted by molar-refractivity contribution is 0.759. The van der Waals surface area contributed by atoms with Crippen molar-refractivity contribution in [1.82, 2.24) is 5.32 Å². The molecule has 0 aromatic heterocycles. The fourth-order valence-corrected chi connectivity index (χ4v) is 1.25. The Morgan fingerprint density at radius 1 is 1.27 bits per heavy atom. The molecule has 1 atom stereocenters. The van der Waals surface area contributed by atoms with Crippen LogP contribution in [0.4, 0.5) is 5.69 Å². The number of fused-ring (bicyclic) bond motifs is 1. The Balaban J connectivity index is 2.46. The van der Waals surface area contributed by atoms with Gasteiger partial charge in [-0.05, 0) is 18.6 Å². The Bertz CT molecular complexity index is 289. The van der Waals surface area contributed by atoms with Gasteiger partial charge in [-0.1, -0.05) is 30.4 Å². The zero-order valence-corrected chi connectivity index (χ0v) is 6.49. The summed E-state index contributed by atoms with van der Waals surface area (Å²) in [5.74, 6) is 0. The maximum atomic E-state index is 4.46. The lowest BCUT2D eigenvalue weighted by Gasteiger charge is -2.14. The van der Waals surface area contributed by atoms with Crippen LogP contribution in [0.1, 0.15) is 12.5 Å². The maximum absolute atomic E-state index is 4.46. The lowest BCUT2D eigenvalue weighted by atomic mass is 10.1. The molecule has 55 valence electrons. The van der Waals surface area contributed by atoms with Gasteiger partial charge in [0.1, 0.15) is 0 Å². The number of hydrogen-bond acceptors (Lipinski definition) is 0. The topological polar surface area (TPSA) is 14.1 Å². The van der Waals surface area contributed by atoms with Gasteiger partial charge >= 0.3 is 0 Å². The molecule has 0 spiro atoms. The molecule has 1 aliphatic rings. The first-order valence-corrected chi connectivity index (χ1v) is 3.84. The normalized spacial score (nSPS) is 20.6. The average Bonchev–Trinajstić information content (AvgIpc) is 2.04. The van der Waals surface area contributed by atoms with Crippen molar-refractivity contribution in [3.8, 4) is 0 Å². The van der Waals surface area contributed by atoms with Gasteiger partial charge in [-0.15, -0.1) is 0 Å². The molecule has 0 aliphatic carbocycles. The largest absolute Gasteiger partial charge is 0.278 e. The van der Waals surface area contributed by atoms with E-state index >= 15 is 0 Å². The summed E-state index contributed by atoms with van der Waals surface area (Å²) in [4.78, 5) is 0. The standard InChI is InChI=1S/C10H10N/c1-8-6-7-9-4-2-3-5-10(9)11-8/h2-8H,1H3. The fourth-order valence-electron chi connectivity index (χ4n) is 1.25. The van der Waals surface area contributed by atoms with Crippen molar-refractivity contribution in [2.75, 3.05) is 0 Å². The second kappa shape index (κ2) is 2.42. The third-order valence-electron chi connectivity index (χ3n) is 1.83. The number of nitrogens with zero attached hydrogens (tertiary/aromatic N) is 1. The van der Waals surface area contributed by atoms with E-state index in [2.05, 4.69) is 36.5 Å². The highest BCUT2D eigenvalue weighted by molar-refractivity contribution is 5.66. The van der Waals surface area contributed by atoms with Crippen LogP contribution < -0.4 is 5.32 Å². The van der Waals surface area contributed by atoms with E-state index in [1.54, 1.807) is 0 Å². The monoisotopic (exact) mass is 144 g/mol. The van der Waals surface area contributed by atoms with Crippen molar-refractivity contribution in [2.24, 2.45) is 0 Å². The van der Waals surface area contributed by atoms with Crippen molar-refractivity contribution < 1.29 is 0 Å². The number of rotatable bonds is 0. The Kier molecular flexibility index (Phi) is 1.42. The Labute approximate surface area is 66.7 Å². The van der Waals surface area contributed by atoms with Crippen molar-refractivity contribution in [3.05, 3.63) is 35.9 Å². The van der Waals surface area contributed by atoms with Gasteiger partial charge in [-0.25, -0.2) is 0 Å². The van der Waals surface area contributed by atoms with Crippen LogP contribution in [0, 0.1) is 0 Å². The molecule has 1 heterocycles. The van der Waals surface area contributed by atoms with Crippen LogP contribution in [0.2, 0.25) is 0 Å². The lowest BCUT2D eigenvalue weighted by Crippen LogP contribution is -2.14. The van der Waals surface area contributed by atoms with Crippen LogP contribution in [0.25, 0.3) is 6.08 Å². The summed E-state index contributed by atoms with van der Waals surface area (Å²) in [6.07, 6.45) is 4.25. The van der Waals surface area contributed by atoms with Gasteiger partial charge in [0.2, 0.25) is 0 Å². The van der Waals surface area contributed by atoms with E-state index in [0.29, 0.717) is 6.04 Å². The van der Waals surface area contributed by atoms with Crippen LogP contribution in [-0.4, -0.2) is 6.04 Å². The Morgan fingerprint density at radius 2 is 2.09 bits per heavy atom. The molecule has 2 rings (SSSR count). The van der Waals surface area contributed by atoms with E-state index in [4.69, 9.17) is 0 Å². The molecule has 1 aliphatic heterocycles. The number of benzene rings is 1. The second-order valence-corrected chi connectivity index (χ2v) is 2.79. The van der Waals surface area contributed by atoms with Gasteiger partial charge in [0.15, 0.2) is 0 Å². The van der Waals surface area contributed by atoms with Crippen LogP contribution in [0.5, 0.6) is 0 Å². The summed E-state index contributed by atoms with van der Waals surface area (Å²) in [7, 11) is 0. The highest BCUT2D eigenvalue weighted by Crippen LogP contribution is 2.21. The van der Waals surface area contributed by atoms with Gasteiger partial charge < -0.3 is 0 Å². The molecule has 0 fully saturated rings. The molecule has 1 radical (unpaired) electrons. The van der Waals surface area contributed by atoms with Crippen molar-refractivity contribution in [3.63, 3.8) is 0 Å². The summed E-state index contributed by atoms with van der Waals surface area (Å²) in [5, 5.41) is 4.46. The van der Waals surface area contributed by atoms with Gasteiger partial charge in [-0.2, -0.15) is 0 Å². The Morgan fingerprint density at radius 3 is 3.00 bits per heavy atom. The van der Waals surface area contributed by atoms with Gasteiger partial charge in [-0.3, -0.25) is 5.32 Å². The maximum Gasteiger partial charge on any atom is 0.0662 e. The molecule has 1 aromatic carbocycles.